The fourth-order valence-electron chi connectivity index (χ4n) is 2.11. The Balaban J connectivity index is 1.75. The lowest BCUT2D eigenvalue weighted by atomic mass is 10.1. The number of amides is 1. The second-order valence-electron chi connectivity index (χ2n) is 5.41. The average molecular weight is 346 g/mol. The van der Waals surface area contributed by atoms with Gasteiger partial charge in [-0.15, -0.1) is 0 Å². The number of hydrogen-bond acceptors (Lipinski definition) is 2. The van der Waals surface area contributed by atoms with Gasteiger partial charge in [-0.3, -0.25) is 4.79 Å². The summed E-state index contributed by atoms with van der Waals surface area (Å²) in [7, 11) is 0. The Kier molecular flexibility index (Phi) is 3.44. The predicted molar refractivity (Wildman–Crippen MR) is 73.2 cm³/mol. The number of likely N-dealkylation sites (tertiary alicyclic amines) is 1. The molecule has 0 radical (unpaired) electrons. The number of carbonyl (C=O) groups excluding carboxylic acids is 1. The number of benzene rings is 1. The van der Waals surface area contributed by atoms with E-state index in [1.54, 1.807) is 18.2 Å². The van der Waals surface area contributed by atoms with Crippen LogP contribution in [0.2, 0.25) is 0 Å². The largest absolute Gasteiger partial charge is 0.492 e. The molecule has 0 spiro atoms. The summed E-state index contributed by atoms with van der Waals surface area (Å²) in [5.74, 6) is -2.12. The van der Waals surface area contributed by atoms with Crippen molar-refractivity contribution in [1.29, 1.82) is 0 Å². The van der Waals surface area contributed by atoms with Gasteiger partial charge in [0.15, 0.2) is 0 Å². The molecule has 0 unspecified atom stereocenters. The van der Waals surface area contributed by atoms with Crippen LogP contribution in [0.15, 0.2) is 22.7 Å². The number of rotatable bonds is 4. The van der Waals surface area contributed by atoms with E-state index >= 15 is 0 Å². The first-order chi connectivity index (χ1) is 9.44. The van der Waals surface area contributed by atoms with Crippen LogP contribution in [0.1, 0.15) is 23.2 Å². The fourth-order valence-corrected chi connectivity index (χ4v) is 2.45. The Morgan fingerprint density at radius 2 is 2.10 bits per heavy atom. The molecule has 3 nitrogen and oxygen atoms in total. The van der Waals surface area contributed by atoms with Gasteiger partial charge in [-0.1, -0.05) is 15.9 Å². The Labute approximate surface area is 124 Å². The molecule has 2 aliphatic rings. The highest BCUT2D eigenvalue weighted by atomic mass is 79.9. The summed E-state index contributed by atoms with van der Waals surface area (Å²) in [4.78, 5) is 13.4. The molecular formula is C14H14BrF2NO2. The van der Waals surface area contributed by atoms with Crippen LogP contribution < -0.4 is 4.74 Å². The molecule has 20 heavy (non-hydrogen) atoms. The van der Waals surface area contributed by atoms with Crippen LogP contribution in [0.4, 0.5) is 8.78 Å². The van der Waals surface area contributed by atoms with Crippen molar-refractivity contribution in [3.8, 4) is 5.75 Å². The number of alkyl halides is 2. The molecule has 1 aliphatic heterocycles. The van der Waals surface area contributed by atoms with Crippen molar-refractivity contribution >= 4 is 21.8 Å². The van der Waals surface area contributed by atoms with Crippen LogP contribution in [-0.4, -0.2) is 36.4 Å². The molecule has 6 heteroatoms. The fraction of sp³-hybridized carbons (Fsp3) is 0.500. The second-order valence-corrected chi connectivity index (χ2v) is 6.33. The number of hydrogen-bond donors (Lipinski definition) is 0. The number of carbonyl (C=O) groups is 1. The predicted octanol–water partition coefficient (Wildman–Crippen LogP) is 3.33. The van der Waals surface area contributed by atoms with Crippen molar-refractivity contribution < 1.29 is 18.3 Å². The van der Waals surface area contributed by atoms with Crippen LogP contribution in [0.3, 0.4) is 0 Å². The molecule has 1 aromatic carbocycles. The first-order valence-corrected chi connectivity index (χ1v) is 7.33. The van der Waals surface area contributed by atoms with E-state index in [9.17, 15) is 13.6 Å². The van der Waals surface area contributed by atoms with Crippen molar-refractivity contribution in [2.45, 2.75) is 18.8 Å². The first kappa shape index (κ1) is 13.8. The third-order valence-electron chi connectivity index (χ3n) is 3.48. The monoisotopic (exact) mass is 345 g/mol. The third-order valence-corrected chi connectivity index (χ3v) is 3.97. The van der Waals surface area contributed by atoms with E-state index in [1.165, 1.54) is 0 Å². The van der Waals surface area contributed by atoms with Crippen molar-refractivity contribution in [2.24, 2.45) is 5.92 Å². The SMILES string of the molecule is O=C(c1ccc(Br)cc1OCC1CC1)N1CC(F)(F)C1. The van der Waals surface area contributed by atoms with Crippen LogP contribution in [0, 0.1) is 5.92 Å². The highest BCUT2D eigenvalue weighted by molar-refractivity contribution is 9.10. The lowest BCUT2D eigenvalue weighted by Crippen LogP contribution is -2.58. The molecular weight excluding hydrogens is 332 g/mol. The van der Waals surface area contributed by atoms with E-state index in [1.807, 2.05) is 0 Å². The summed E-state index contributed by atoms with van der Waals surface area (Å²) in [5.41, 5.74) is 0.351. The quantitative estimate of drug-likeness (QED) is 0.837. The smallest absolute Gasteiger partial charge is 0.282 e. The Morgan fingerprint density at radius 3 is 2.70 bits per heavy atom. The Morgan fingerprint density at radius 1 is 1.40 bits per heavy atom. The van der Waals surface area contributed by atoms with E-state index in [2.05, 4.69) is 15.9 Å². The molecule has 2 fully saturated rings. The van der Waals surface area contributed by atoms with E-state index in [0.29, 0.717) is 23.8 Å². The van der Waals surface area contributed by atoms with Crippen molar-refractivity contribution in [2.75, 3.05) is 19.7 Å². The maximum atomic E-state index is 12.9. The highest BCUT2D eigenvalue weighted by Gasteiger charge is 2.46. The molecule has 0 bridgehead atoms. The van der Waals surface area contributed by atoms with Crippen LogP contribution in [-0.2, 0) is 0 Å². The summed E-state index contributed by atoms with van der Waals surface area (Å²) in [6, 6.07) is 5.05. The van der Waals surface area contributed by atoms with E-state index < -0.39 is 24.9 Å². The zero-order chi connectivity index (χ0) is 14.3. The maximum Gasteiger partial charge on any atom is 0.282 e. The minimum atomic E-state index is -2.75. The highest BCUT2D eigenvalue weighted by Crippen LogP contribution is 2.34. The normalized spacial score (nSPS) is 20.4. The minimum Gasteiger partial charge on any atom is -0.492 e. The van der Waals surface area contributed by atoms with Gasteiger partial charge in [0, 0.05) is 4.47 Å². The van der Waals surface area contributed by atoms with Crippen LogP contribution in [0.5, 0.6) is 5.75 Å². The second kappa shape index (κ2) is 4.98. The van der Waals surface area contributed by atoms with Crippen molar-refractivity contribution in [3.63, 3.8) is 0 Å². The van der Waals surface area contributed by atoms with Gasteiger partial charge in [0.1, 0.15) is 5.75 Å². The summed E-state index contributed by atoms with van der Waals surface area (Å²) >= 11 is 3.33. The lowest BCUT2D eigenvalue weighted by Gasteiger charge is -2.38. The molecule has 0 atom stereocenters. The molecule has 0 aromatic heterocycles. The third kappa shape index (κ3) is 2.95. The van der Waals surface area contributed by atoms with Crippen LogP contribution in [0.25, 0.3) is 0 Å². The number of ether oxygens (including phenoxy) is 1. The summed E-state index contributed by atoms with van der Waals surface area (Å²) in [6.45, 7) is -0.444. The van der Waals surface area contributed by atoms with Gasteiger partial charge < -0.3 is 9.64 Å². The topological polar surface area (TPSA) is 29.5 Å². The summed E-state index contributed by atoms with van der Waals surface area (Å²) < 4.78 is 32.2. The van der Waals surface area contributed by atoms with E-state index in [4.69, 9.17) is 4.74 Å². The average Bonchev–Trinajstić information content (AvgIpc) is 3.16. The molecule has 108 valence electrons. The molecule has 1 heterocycles. The zero-order valence-electron chi connectivity index (χ0n) is 10.7. The molecule has 1 saturated heterocycles. The molecule has 0 N–H and O–H groups in total. The van der Waals surface area contributed by atoms with Gasteiger partial charge in [-0.05, 0) is 37.0 Å². The Hall–Kier alpha value is -1.17. The van der Waals surface area contributed by atoms with Gasteiger partial charge in [0.25, 0.3) is 11.8 Å². The van der Waals surface area contributed by atoms with Gasteiger partial charge >= 0.3 is 0 Å². The minimum absolute atomic E-state index is 0.351. The molecule has 1 saturated carbocycles. The molecule has 1 aliphatic carbocycles. The van der Waals surface area contributed by atoms with Crippen molar-refractivity contribution in [1.82, 2.24) is 4.90 Å². The number of nitrogens with zero attached hydrogens (tertiary/aromatic N) is 1. The molecule has 1 aromatic rings. The molecule has 1 amide bonds. The standard InChI is InChI=1S/C14H14BrF2NO2/c15-10-3-4-11(12(5-10)20-6-9-1-2-9)13(19)18-7-14(16,17)8-18/h3-5,9H,1-2,6-8H2. The molecule has 3 rings (SSSR count). The Bertz CT molecular complexity index is 538. The van der Waals surface area contributed by atoms with Gasteiger partial charge in [0.2, 0.25) is 0 Å². The maximum absolute atomic E-state index is 12.9. The zero-order valence-corrected chi connectivity index (χ0v) is 12.3. The summed E-state index contributed by atoms with van der Waals surface area (Å²) in [5, 5.41) is 0. The van der Waals surface area contributed by atoms with Crippen LogP contribution >= 0.6 is 15.9 Å². The lowest BCUT2D eigenvalue weighted by molar-refractivity contribution is -0.113. The van der Waals surface area contributed by atoms with Crippen molar-refractivity contribution in [3.05, 3.63) is 28.2 Å². The van der Waals surface area contributed by atoms with Gasteiger partial charge in [-0.2, -0.15) is 0 Å². The van der Waals surface area contributed by atoms with E-state index in [-0.39, 0.29) is 0 Å². The van der Waals surface area contributed by atoms with E-state index in [0.717, 1.165) is 22.2 Å². The summed E-state index contributed by atoms with van der Waals surface area (Å²) in [6.07, 6.45) is 2.30. The number of halogens is 3. The van der Waals surface area contributed by atoms with Gasteiger partial charge in [0.05, 0.1) is 25.3 Å². The van der Waals surface area contributed by atoms with Gasteiger partial charge in [-0.25, -0.2) is 8.78 Å². The first-order valence-electron chi connectivity index (χ1n) is 6.54.